The van der Waals surface area contributed by atoms with E-state index in [0.29, 0.717) is 47.7 Å². The molecule has 0 saturated carbocycles. The van der Waals surface area contributed by atoms with Crippen molar-refractivity contribution < 1.29 is 18.8 Å². The number of likely N-dealkylation sites (N-methyl/N-ethyl adjacent to an activating group) is 1. The first-order chi connectivity index (χ1) is 14.4. The van der Waals surface area contributed by atoms with E-state index in [4.69, 9.17) is 4.42 Å². The number of hydrogen-bond donors (Lipinski definition) is 1. The van der Waals surface area contributed by atoms with Crippen molar-refractivity contribution in [3.05, 3.63) is 58.3 Å². The third-order valence-electron chi connectivity index (χ3n) is 6.44. The molecule has 0 spiro atoms. The molecule has 0 saturated heterocycles. The third kappa shape index (κ3) is 2.50. The molecule has 5 rings (SSSR count). The Hall–Kier alpha value is -3.25. The monoisotopic (exact) mass is 402 g/mol. The molecule has 2 aromatic carbocycles. The topological polar surface area (TPSA) is 79.6 Å². The Morgan fingerprint density at radius 1 is 1.10 bits per heavy atom. The Labute approximate surface area is 173 Å². The summed E-state index contributed by atoms with van der Waals surface area (Å²) < 4.78 is 6.20. The van der Waals surface area contributed by atoms with Gasteiger partial charge < -0.3 is 9.73 Å². The second-order valence-corrected chi connectivity index (χ2v) is 8.04. The smallest absolute Gasteiger partial charge is 0.237 e. The lowest BCUT2D eigenvalue weighted by atomic mass is 9.82. The molecule has 6 heteroatoms. The van der Waals surface area contributed by atoms with Crippen molar-refractivity contribution in [3.63, 3.8) is 0 Å². The fraction of sp³-hybridized carbons (Fsp3) is 0.292. The van der Waals surface area contributed by atoms with Gasteiger partial charge in [-0.3, -0.25) is 19.3 Å². The normalized spacial score (nSPS) is 16.8. The van der Waals surface area contributed by atoms with Crippen molar-refractivity contribution in [2.75, 3.05) is 13.6 Å². The van der Waals surface area contributed by atoms with E-state index in [1.54, 1.807) is 7.05 Å². The van der Waals surface area contributed by atoms with E-state index in [2.05, 4.69) is 5.32 Å². The minimum absolute atomic E-state index is 0.0618. The molecule has 1 aliphatic heterocycles. The summed E-state index contributed by atoms with van der Waals surface area (Å²) in [5.74, 6) is 0.119. The fourth-order valence-corrected chi connectivity index (χ4v) is 4.73. The summed E-state index contributed by atoms with van der Waals surface area (Å²) in [5, 5.41) is 4.41. The van der Waals surface area contributed by atoms with Gasteiger partial charge in [-0.1, -0.05) is 24.3 Å². The molecule has 0 bridgehead atoms. The zero-order chi connectivity index (χ0) is 21.2. The van der Waals surface area contributed by atoms with Crippen LogP contribution in [0.3, 0.4) is 0 Å². The standard InChI is InChI=1S/C24H22N2O4/c1-12-5-4-6-15-14(12)7-8-17-19(15)21(27)22(28)20-16-9-10-26(13(2)24(29)25-3)11-18(16)30-23(17)20/h4-8,13H,9-11H2,1-3H3,(H,25,29)/t13-/m0/s1. The summed E-state index contributed by atoms with van der Waals surface area (Å²) in [6, 6.07) is 9.33. The van der Waals surface area contributed by atoms with Gasteiger partial charge in [0.1, 0.15) is 11.5 Å². The maximum absolute atomic E-state index is 13.1. The Morgan fingerprint density at radius 3 is 2.63 bits per heavy atom. The Kier molecular flexibility index (Phi) is 4.15. The van der Waals surface area contributed by atoms with Crippen molar-refractivity contribution in [1.82, 2.24) is 10.2 Å². The quantitative estimate of drug-likeness (QED) is 0.666. The molecule has 0 radical (unpaired) electrons. The van der Waals surface area contributed by atoms with Crippen LogP contribution in [0.4, 0.5) is 0 Å². The van der Waals surface area contributed by atoms with E-state index in [0.717, 1.165) is 21.9 Å². The summed E-state index contributed by atoms with van der Waals surface area (Å²) >= 11 is 0. The number of aryl methyl sites for hydroxylation is 1. The number of Topliss-reactive ketones (excluding diaryl/α,β-unsaturated/α-hetero) is 2. The molecule has 6 nitrogen and oxygen atoms in total. The number of ketones is 2. The molecule has 0 unspecified atom stereocenters. The van der Waals surface area contributed by atoms with Crippen LogP contribution in [0.25, 0.3) is 22.1 Å². The van der Waals surface area contributed by atoms with Crippen molar-refractivity contribution in [2.45, 2.75) is 32.9 Å². The van der Waals surface area contributed by atoms with Crippen LogP contribution in [0, 0.1) is 6.92 Å². The van der Waals surface area contributed by atoms with Crippen LogP contribution in [-0.2, 0) is 17.8 Å². The number of nitrogens with zero attached hydrogens (tertiary/aromatic N) is 1. The zero-order valence-corrected chi connectivity index (χ0v) is 17.2. The van der Waals surface area contributed by atoms with Gasteiger partial charge in [0.2, 0.25) is 17.5 Å². The average molecular weight is 402 g/mol. The second-order valence-electron chi connectivity index (χ2n) is 8.04. The SMILES string of the molecule is CNC(=O)[C@H](C)N1CCc2c(oc3c2C(=O)C(=O)c2c-3ccc3c(C)cccc23)C1. The first kappa shape index (κ1) is 18.8. The van der Waals surface area contributed by atoms with E-state index in [1.807, 2.05) is 49.1 Å². The predicted octanol–water partition coefficient (Wildman–Crippen LogP) is 3.28. The van der Waals surface area contributed by atoms with Crippen LogP contribution in [0.1, 0.15) is 44.5 Å². The summed E-state index contributed by atoms with van der Waals surface area (Å²) in [7, 11) is 1.62. The van der Waals surface area contributed by atoms with Gasteiger partial charge in [0.25, 0.3) is 0 Å². The van der Waals surface area contributed by atoms with Crippen molar-refractivity contribution in [1.29, 1.82) is 0 Å². The molecular weight excluding hydrogens is 380 g/mol. The summed E-state index contributed by atoms with van der Waals surface area (Å²) in [6.07, 6.45) is 0.566. The maximum atomic E-state index is 13.1. The van der Waals surface area contributed by atoms with Crippen LogP contribution >= 0.6 is 0 Å². The number of nitrogens with one attached hydrogen (secondary N) is 1. The highest BCUT2D eigenvalue weighted by atomic mass is 16.3. The van der Waals surface area contributed by atoms with Gasteiger partial charge in [0, 0.05) is 30.3 Å². The molecule has 2 aliphatic rings. The average Bonchev–Trinajstić information content (AvgIpc) is 3.15. The second kappa shape index (κ2) is 6.64. The number of hydrogen-bond acceptors (Lipinski definition) is 5. The van der Waals surface area contributed by atoms with Crippen molar-refractivity contribution in [2.24, 2.45) is 0 Å². The lowest BCUT2D eigenvalue weighted by Gasteiger charge is -2.30. The largest absolute Gasteiger partial charge is 0.459 e. The fourth-order valence-electron chi connectivity index (χ4n) is 4.73. The number of amides is 1. The number of carbonyl (C=O) groups is 3. The van der Waals surface area contributed by atoms with Crippen LogP contribution in [0.15, 0.2) is 34.7 Å². The highest BCUT2D eigenvalue weighted by molar-refractivity contribution is 6.54. The minimum Gasteiger partial charge on any atom is -0.459 e. The number of rotatable bonds is 2. The van der Waals surface area contributed by atoms with E-state index in [-0.39, 0.29) is 11.9 Å². The summed E-state index contributed by atoms with van der Waals surface area (Å²) in [6.45, 7) is 4.90. The molecule has 2 heterocycles. The number of furan rings is 1. The van der Waals surface area contributed by atoms with Gasteiger partial charge >= 0.3 is 0 Å². The molecule has 0 fully saturated rings. The van der Waals surface area contributed by atoms with Gasteiger partial charge in [-0.25, -0.2) is 0 Å². The zero-order valence-electron chi connectivity index (χ0n) is 17.2. The number of carbonyl (C=O) groups excluding carboxylic acids is 3. The molecule has 30 heavy (non-hydrogen) atoms. The molecule has 1 N–H and O–H groups in total. The lowest BCUT2D eigenvalue weighted by molar-refractivity contribution is -0.125. The molecule has 1 atom stereocenters. The van der Waals surface area contributed by atoms with Crippen LogP contribution in [0.2, 0.25) is 0 Å². The van der Waals surface area contributed by atoms with E-state index < -0.39 is 11.6 Å². The maximum Gasteiger partial charge on any atom is 0.237 e. The predicted molar refractivity (Wildman–Crippen MR) is 113 cm³/mol. The summed E-state index contributed by atoms with van der Waals surface area (Å²) in [5.41, 5.74) is 3.36. The van der Waals surface area contributed by atoms with Gasteiger partial charge in [-0.2, -0.15) is 0 Å². The van der Waals surface area contributed by atoms with Crippen LogP contribution < -0.4 is 5.32 Å². The minimum atomic E-state index is -0.496. The molecular formula is C24H22N2O4. The Morgan fingerprint density at radius 2 is 1.87 bits per heavy atom. The highest BCUT2D eigenvalue weighted by Gasteiger charge is 2.40. The molecule has 1 aliphatic carbocycles. The van der Waals surface area contributed by atoms with Gasteiger partial charge in [-0.15, -0.1) is 0 Å². The van der Waals surface area contributed by atoms with Crippen LogP contribution in [-0.4, -0.2) is 42.0 Å². The first-order valence-corrected chi connectivity index (χ1v) is 10.1. The number of benzene rings is 2. The van der Waals surface area contributed by atoms with Crippen LogP contribution in [0.5, 0.6) is 0 Å². The van der Waals surface area contributed by atoms with Crippen molar-refractivity contribution in [3.8, 4) is 11.3 Å². The molecule has 1 aromatic heterocycles. The van der Waals surface area contributed by atoms with Gasteiger partial charge in [-0.05, 0) is 42.7 Å². The molecule has 152 valence electrons. The number of fused-ring (bicyclic) bond motifs is 7. The lowest BCUT2D eigenvalue weighted by Crippen LogP contribution is -2.46. The van der Waals surface area contributed by atoms with Gasteiger partial charge in [0.15, 0.2) is 0 Å². The van der Waals surface area contributed by atoms with E-state index in [9.17, 15) is 14.4 Å². The van der Waals surface area contributed by atoms with E-state index >= 15 is 0 Å². The Bertz CT molecular complexity index is 1250. The summed E-state index contributed by atoms with van der Waals surface area (Å²) in [4.78, 5) is 40.3. The van der Waals surface area contributed by atoms with Crippen molar-refractivity contribution >= 4 is 28.2 Å². The first-order valence-electron chi connectivity index (χ1n) is 10.1. The third-order valence-corrected chi connectivity index (χ3v) is 6.44. The molecule has 3 aromatic rings. The highest BCUT2D eigenvalue weighted by Crippen LogP contribution is 2.43. The van der Waals surface area contributed by atoms with Gasteiger partial charge in [0.05, 0.1) is 18.2 Å². The van der Waals surface area contributed by atoms with E-state index in [1.165, 1.54) is 0 Å². The Balaban J connectivity index is 1.66. The molecule has 1 amide bonds.